The predicted molar refractivity (Wildman–Crippen MR) is 107 cm³/mol. The number of nitriles is 1. The molecule has 0 aliphatic carbocycles. The number of aliphatic carboxylic acids is 1. The molecule has 6 nitrogen and oxygen atoms in total. The predicted octanol–water partition coefficient (Wildman–Crippen LogP) is 3.85. The van der Waals surface area contributed by atoms with Crippen molar-refractivity contribution in [1.29, 1.82) is 5.26 Å². The van der Waals surface area contributed by atoms with Gasteiger partial charge in [-0.25, -0.2) is 12.8 Å². The van der Waals surface area contributed by atoms with Gasteiger partial charge in [0.15, 0.2) is 0 Å². The Morgan fingerprint density at radius 1 is 1.28 bits per heavy atom. The number of halogens is 2. The van der Waals surface area contributed by atoms with E-state index < -0.39 is 33.8 Å². The first kappa shape index (κ1) is 22.8. The van der Waals surface area contributed by atoms with Gasteiger partial charge < -0.3 is 5.11 Å². The van der Waals surface area contributed by atoms with E-state index in [-0.39, 0.29) is 21.0 Å². The van der Waals surface area contributed by atoms with Crippen LogP contribution in [0.2, 0.25) is 5.02 Å². The average molecular weight is 439 g/mol. The number of carboxylic acid groups (broad SMARTS) is 1. The van der Waals surface area contributed by atoms with Gasteiger partial charge in [-0.3, -0.25) is 4.79 Å². The molecule has 0 radical (unpaired) electrons. The van der Waals surface area contributed by atoms with Gasteiger partial charge in [-0.2, -0.15) is 9.57 Å². The van der Waals surface area contributed by atoms with Gasteiger partial charge in [-0.15, -0.1) is 0 Å². The van der Waals surface area contributed by atoms with E-state index in [2.05, 4.69) is 0 Å². The fraction of sp³-hybridized carbons (Fsp3) is 0.300. The van der Waals surface area contributed by atoms with E-state index in [4.69, 9.17) is 11.6 Å². The fourth-order valence-corrected chi connectivity index (χ4v) is 5.00. The van der Waals surface area contributed by atoms with Crippen molar-refractivity contribution in [2.24, 2.45) is 0 Å². The number of carbonyl (C=O) groups is 1. The molecular formula is C20H20ClFN2O4S. The Morgan fingerprint density at radius 2 is 1.90 bits per heavy atom. The number of hydrogen-bond acceptors (Lipinski definition) is 4. The van der Waals surface area contributed by atoms with Gasteiger partial charge in [-0.1, -0.05) is 24.6 Å². The molecule has 154 valence electrons. The third kappa shape index (κ3) is 4.27. The smallest absolute Gasteiger partial charge is 0.322 e. The standard InChI is InChI=1S/C20H20ClFN2O4S/c1-11-5-7-16(22)18(12(11)2)13(3)19(20(25)26)24(4)29(27,28)17-8-6-15(21)9-14(17)10-23/h5-9,13,19H,1-4H3,(H,25,26). The molecule has 2 unspecified atom stereocenters. The van der Waals surface area contributed by atoms with Crippen molar-refractivity contribution in [1.82, 2.24) is 4.31 Å². The molecule has 0 heterocycles. The van der Waals surface area contributed by atoms with Crippen molar-refractivity contribution in [2.45, 2.75) is 37.6 Å². The highest BCUT2D eigenvalue weighted by atomic mass is 35.5. The van der Waals surface area contributed by atoms with Gasteiger partial charge in [0.05, 0.1) is 5.56 Å². The summed E-state index contributed by atoms with van der Waals surface area (Å²) >= 11 is 5.82. The zero-order valence-corrected chi connectivity index (χ0v) is 17.8. The first-order chi connectivity index (χ1) is 13.4. The maximum atomic E-state index is 14.5. The molecule has 0 fully saturated rings. The van der Waals surface area contributed by atoms with Crippen molar-refractivity contribution in [2.75, 3.05) is 7.05 Å². The Bertz CT molecular complexity index is 1110. The Balaban J connectivity index is 2.61. The minimum atomic E-state index is -4.38. The Hall–Kier alpha value is -2.47. The summed E-state index contributed by atoms with van der Waals surface area (Å²) in [5.74, 6) is -3.04. The molecule has 0 spiro atoms. The number of carboxylic acids is 1. The van der Waals surface area contributed by atoms with E-state index in [1.54, 1.807) is 26.0 Å². The molecule has 2 rings (SSSR count). The van der Waals surface area contributed by atoms with Crippen molar-refractivity contribution in [3.05, 3.63) is 63.4 Å². The zero-order valence-electron chi connectivity index (χ0n) is 16.3. The van der Waals surface area contributed by atoms with E-state index in [9.17, 15) is 28.0 Å². The highest BCUT2D eigenvalue weighted by molar-refractivity contribution is 7.89. The molecule has 2 aromatic rings. The monoisotopic (exact) mass is 438 g/mol. The summed E-state index contributed by atoms with van der Waals surface area (Å²) in [4.78, 5) is 11.7. The van der Waals surface area contributed by atoms with Crippen LogP contribution in [0.3, 0.4) is 0 Å². The first-order valence-corrected chi connectivity index (χ1v) is 10.4. The molecule has 0 aliphatic heterocycles. The Kier molecular flexibility index (Phi) is 6.68. The average Bonchev–Trinajstić information content (AvgIpc) is 2.64. The lowest BCUT2D eigenvalue weighted by Crippen LogP contribution is -2.46. The number of sulfonamides is 1. The highest BCUT2D eigenvalue weighted by Gasteiger charge is 2.39. The van der Waals surface area contributed by atoms with E-state index in [1.165, 1.54) is 25.1 Å². The third-order valence-corrected chi connectivity index (χ3v) is 7.16. The third-order valence-electron chi connectivity index (χ3n) is 5.03. The number of nitrogens with zero attached hydrogens (tertiary/aromatic N) is 2. The number of benzene rings is 2. The number of aryl methyl sites for hydroxylation is 1. The molecule has 2 atom stereocenters. The van der Waals surface area contributed by atoms with Crippen LogP contribution in [0.25, 0.3) is 0 Å². The van der Waals surface area contributed by atoms with Crippen LogP contribution >= 0.6 is 11.6 Å². The lowest BCUT2D eigenvalue weighted by atomic mass is 9.88. The molecule has 2 aromatic carbocycles. The largest absolute Gasteiger partial charge is 0.480 e. The maximum absolute atomic E-state index is 14.5. The molecule has 0 saturated carbocycles. The van der Waals surface area contributed by atoms with E-state index >= 15 is 0 Å². The zero-order chi connectivity index (χ0) is 22.1. The molecule has 0 aliphatic rings. The van der Waals surface area contributed by atoms with Crippen molar-refractivity contribution >= 4 is 27.6 Å². The molecule has 29 heavy (non-hydrogen) atoms. The van der Waals surface area contributed by atoms with Gasteiger partial charge in [-0.05, 0) is 54.8 Å². The van der Waals surface area contributed by atoms with Crippen LogP contribution in [0.15, 0.2) is 35.2 Å². The van der Waals surface area contributed by atoms with Crippen molar-refractivity contribution in [3.63, 3.8) is 0 Å². The van der Waals surface area contributed by atoms with Crippen LogP contribution < -0.4 is 0 Å². The van der Waals surface area contributed by atoms with Gasteiger partial charge >= 0.3 is 5.97 Å². The quantitative estimate of drug-likeness (QED) is 0.738. The summed E-state index contributed by atoms with van der Waals surface area (Å²) < 4.78 is 41.4. The summed E-state index contributed by atoms with van der Waals surface area (Å²) in [6, 6.07) is 6.59. The van der Waals surface area contributed by atoms with Gasteiger partial charge in [0, 0.05) is 18.0 Å². The molecule has 0 saturated heterocycles. The maximum Gasteiger partial charge on any atom is 0.322 e. The second-order valence-electron chi connectivity index (χ2n) is 6.75. The van der Waals surface area contributed by atoms with Crippen molar-refractivity contribution < 1.29 is 22.7 Å². The summed E-state index contributed by atoms with van der Waals surface area (Å²) in [6.45, 7) is 4.88. The van der Waals surface area contributed by atoms with Crippen molar-refractivity contribution in [3.8, 4) is 6.07 Å². The van der Waals surface area contributed by atoms with Crippen LogP contribution in [-0.4, -0.2) is 36.9 Å². The van der Waals surface area contributed by atoms with Crippen LogP contribution in [0.4, 0.5) is 4.39 Å². The summed E-state index contributed by atoms with van der Waals surface area (Å²) in [5, 5.41) is 19.2. The molecule has 1 N–H and O–H groups in total. The van der Waals surface area contributed by atoms with E-state index in [0.29, 0.717) is 9.87 Å². The van der Waals surface area contributed by atoms with E-state index in [1.807, 2.05) is 0 Å². The van der Waals surface area contributed by atoms with E-state index in [0.717, 1.165) is 18.7 Å². The molecular weight excluding hydrogens is 419 g/mol. The van der Waals surface area contributed by atoms with Crippen LogP contribution in [-0.2, 0) is 14.8 Å². The number of hydrogen-bond donors (Lipinski definition) is 1. The molecule has 9 heteroatoms. The minimum Gasteiger partial charge on any atom is -0.480 e. The molecule has 0 aromatic heterocycles. The number of likely N-dealkylation sites (N-methyl/N-ethyl adjacent to an activating group) is 1. The van der Waals surface area contributed by atoms with Gasteiger partial charge in [0.2, 0.25) is 10.0 Å². The lowest BCUT2D eigenvalue weighted by Gasteiger charge is -2.30. The number of rotatable bonds is 6. The Morgan fingerprint density at radius 3 is 2.45 bits per heavy atom. The van der Waals surface area contributed by atoms with Gasteiger partial charge in [0.25, 0.3) is 0 Å². The summed E-state index contributed by atoms with van der Waals surface area (Å²) in [6.07, 6.45) is 0. The Labute approximate surface area is 174 Å². The minimum absolute atomic E-state index is 0.135. The van der Waals surface area contributed by atoms with Crippen LogP contribution in [0.5, 0.6) is 0 Å². The lowest BCUT2D eigenvalue weighted by molar-refractivity contribution is -0.141. The topological polar surface area (TPSA) is 98.5 Å². The summed E-state index contributed by atoms with van der Waals surface area (Å²) in [5.41, 5.74) is 1.24. The second-order valence-corrected chi connectivity index (χ2v) is 9.15. The first-order valence-electron chi connectivity index (χ1n) is 8.59. The fourth-order valence-electron chi connectivity index (χ4n) is 3.32. The van der Waals surface area contributed by atoms with Crippen LogP contribution in [0.1, 0.15) is 35.1 Å². The van der Waals surface area contributed by atoms with Gasteiger partial charge in [0.1, 0.15) is 22.8 Å². The SMILES string of the molecule is Cc1ccc(F)c(C(C)C(C(=O)O)N(C)S(=O)(=O)c2ccc(Cl)cc2C#N)c1C. The summed E-state index contributed by atoms with van der Waals surface area (Å²) in [7, 11) is -3.28. The highest BCUT2D eigenvalue weighted by Crippen LogP contribution is 2.33. The van der Waals surface area contributed by atoms with Crippen LogP contribution in [0, 0.1) is 31.0 Å². The second kappa shape index (κ2) is 8.49. The molecule has 0 amide bonds. The normalized spacial score (nSPS) is 13.7. The molecule has 0 bridgehead atoms.